The largest absolute Gasteiger partial charge is 0.497 e. The molecular weight excluding hydrogens is 316 g/mol. The van der Waals surface area contributed by atoms with E-state index in [9.17, 15) is 4.79 Å². The Morgan fingerprint density at radius 3 is 2.91 bits per heavy atom. The van der Waals surface area contributed by atoms with Gasteiger partial charge >= 0.3 is 5.97 Å². The lowest BCUT2D eigenvalue weighted by molar-refractivity contribution is 0.0562. The van der Waals surface area contributed by atoms with Crippen molar-refractivity contribution in [2.75, 3.05) is 14.2 Å². The average Bonchev–Trinajstić information content (AvgIpc) is 3.14. The summed E-state index contributed by atoms with van der Waals surface area (Å²) in [5.74, 6) is 1.83. The first-order valence-electron chi connectivity index (χ1n) is 6.95. The highest BCUT2D eigenvalue weighted by molar-refractivity contribution is 7.98. The van der Waals surface area contributed by atoms with E-state index in [1.165, 1.54) is 18.9 Å². The van der Waals surface area contributed by atoms with Crippen LogP contribution < -0.4 is 4.74 Å². The van der Waals surface area contributed by atoms with Crippen molar-refractivity contribution in [1.29, 1.82) is 0 Å². The summed E-state index contributed by atoms with van der Waals surface area (Å²) in [6, 6.07) is 7.51. The summed E-state index contributed by atoms with van der Waals surface area (Å²) in [5, 5.41) is 0.780. The fourth-order valence-electron chi connectivity index (χ4n) is 2.21. The fraction of sp³-hybridized carbons (Fsp3) is 0.250. The zero-order valence-corrected chi connectivity index (χ0v) is 13.8. The number of hydrogen-bond acceptors (Lipinski definition) is 6. The number of H-pyrrole nitrogens is 1. The normalized spacial score (nSPS) is 10.9. The molecule has 1 aromatic carbocycles. The lowest BCUT2D eigenvalue weighted by Gasteiger charge is -1.96. The first-order chi connectivity index (χ1) is 11.1. The average molecular weight is 332 g/mol. The van der Waals surface area contributed by atoms with Gasteiger partial charge in [-0.1, -0.05) is 11.8 Å². The van der Waals surface area contributed by atoms with Gasteiger partial charge in [-0.15, -0.1) is 0 Å². The second-order valence-corrected chi connectivity index (χ2v) is 5.89. The van der Waals surface area contributed by atoms with Gasteiger partial charge in [-0.25, -0.2) is 9.78 Å². The maximum absolute atomic E-state index is 11.5. The van der Waals surface area contributed by atoms with E-state index < -0.39 is 5.97 Å². The SMILES string of the molecule is COC(=O)c1oc(CSc2nc3ccc(OC)cc3[nH]2)cc1C. The molecule has 0 aliphatic carbocycles. The predicted octanol–water partition coefficient (Wildman–Crippen LogP) is 3.55. The minimum atomic E-state index is -0.463. The molecule has 3 aromatic rings. The van der Waals surface area contributed by atoms with E-state index in [1.807, 2.05) is 31.2 Å². The van der Waals surface area contributed by atoms with Crippen molar-refractivity contribution in [2.45, 2.75) is 17.8 Å². The van der Waals surface area contributed by atoms with Crippen molar-refractivity contribution in [3.63, 3.8) is 0 Å². The Hall–Kier alpha value is -2.41. The van der Waals surface area contributed by atoms with E-state index in [0.29, 0.717) is 11.5 Å². The number of nitrogens with zero attached hydrogens (tertiary/aromatic N) is 1. The van der Waals surface area contributed by atoms with Crippen LogP contribution in [0.4, 0.5) is 0 Å². The number of esters is 1. The number of aryl methyl sites for hydroxylation is 1. The molecule has 0 atom stereocenters. The van der Waals surface area contributed by atoms with Crippen molar-refractivity contribution in [3.05, 3.63) is 41.3 Å². The number of hydrogen-bond donors (Lipinski definition) is 1. The number of furan rings is 1. The maximum Gasteiger partial charge on any atom is 0.374 e. The Morgan fingerprint density at radius 1 is 1.35 bits per heavy atom. The number of thioether (sulfide) groups is 1. The van der Waals surface area contributed by atoms with E-state index in [1.54, 1.807) is 7.11 Å². The third-order valence-electron chi connectivity index (χ3n) is 3.36. The van der Waals surface area contributed by atoms with Crippen molar-refractivity contribution < 1.29 is 18.7 Å². The minimum absolute atomic E-state index is 0.248. The number of fused-ring (bicyclic) bond motifs is 1. The van der Waals surface area contributed by atoms with Gasteiger partial charge in [-0.2, -0.15) is 0 Å². The Bertz CT molecular complexity index is 853. The van der Waals surface area contributed by atoms with Crippen LogP contribution in [0.3, 0.4) is 0 Å². The molecule has 0 aliphatic rings. The van der Waals surface area contributed by atoms with Crippen LogP contribution in [0, 0.1) is 6.92 Å². The first-order valence-corrected chi connectivity index (χ1v) is 7.93. The van der Waals surface area contributed by atoms with Gasteiger partial charge in [0.2, 0.25) is 5.76 Å². The molecule has 0 saturated heterocycles. The number of benzene rings is 1. The number of carbonyl (C=O) groups excluding carboxylic acids is 1. The molecule has 2 heterocycles. The lowest BCUT2D eigenvalue weighted by atomic mass is 10.3. The highest BCUT2D eigenvalue weighted by Gasteiger charge is 2.16. The maximum atomic E-state index is 11.5. The van der Waals surface area contributed by atoms with Gasteiger partial charge < -0.3 is 18.9 Å². The van der Waals surface area contributed by atoms with Gasteiger partial charge in [-0.05, 0) is 25.1 Å². The van der Waals surface area contributed by atoms with Crippen LogP contribution in [0.25, 0.3) is 11.0 Å². The van der Waals surface area contributed by atoms with Gasteiger partial charge in [-0.3, -0.25) is 0 Å². The van der Waals surface area contributed by atoms with Gasteiger partial charge in [0.1, 0.15) is 11.5 Å². The molecule has 6 nitrogen and oxygen atoms in total. The first kappa shape index (κ1) is 15.5. The molecule has 7 heteroatoms. The Morgan fingerprint density at radius 2 is 2.17 bits per heavy atom. The van der Waals surface area contributed by atoms with Crippen LogP contribution in [0.5, 0.6) is 5.75 Å². The van der Waals surface area contributed by atoms with E-state index in [4.69, 9.17) is 9.15 Å². The lowest BCUT2D eigenvalue weighted by Crippen LogP contribution is -2.00. The zero-order chi connectivity index (χ0) is 16.4. The van der Waals surface area contributed by atoms with Crippen LogP contribution in [-0.4, -0.2) is 30.2 Å². The van der Waals surface area contributed by atoms with E-state index >= 15 is 0 Å². The smallest absolute Gasteiger partial charge is 0.374 e. The zero-order valence-electron chi connectivity index (χ0n) is 13.0. The molecule has 0 bridgehead atoms. The molecule has 0 amide bonds. The summed E-state index contributed by atoms with van der Waals surface area (Å²) < 4.78 is 15.4. The summed E-state index contributed by atoms with van der Waals surface area (Å²) in [6.07, 6.45) is 0. The quantitative estimate of drug-likeness (QED) is 0.569. The molecular formula is C16H16N2O4S. The highest BCUT2D eigenvalue weighted by Crippen LogP contribution is 2.27. The second-order valence-electron chi connectivity index (χ2n) is 4.93. The summed E-state index contributed by atoms with van der Waals surface area (Å²) in [7, 11) is 2.97. The number of nitrogens with one attached hydrogen (secondary N) is 1. The molecule has 0 fully saturated rings. The molecule has 0 aliphatic heterocycles. The number of carbonyl (C=O) groups is 1. The van der Waals surface area contributed by atoms with Gasteiger partial charge in [0.15, 0.2) is 5.16 Å². The fourth-order valence-corrected chi connectivity index (χ4v) is 2.98. The van der Waals surface area contributed by atoms with E-state index in [2.05, 4.69) is 14.7 Å². The van der Waals surface area contributed by atoms with Crippen LogP contribution in [0.15, 0.2) is 33.8 Å². The Kier molecular flexibility index (Phi) is 4.29. The molecule has 0 spiro atoms. The number of imidazole rings is 1. The molecule has 23 heavy (non-hydrogen) atoms. The molecule has 120 valence electrons. The van der Waals surface area contributed by atoms with Crippen LogP contribution in [-0.2, 0) is 10.5 Å². The summed E-state index contributed by atoms with van der Waals surface area (Å²) in [5.41, 5.74) is 2.55. The third-order valence-corrected chi connectivity index (χ3v) is 4.25. The molecule has 3 rings (SSSR count). The van der Waals surface area contributed by atoms with Crippen molar-refractivity contribution in [1.82, 2.24) is 9.97 Å². The van der Waals surface area contributed by atoms with E-state index in [0.717, 1.165) is 27.5 Å². The number of aromatic nitrogens is 2. The summed E-state index contributed by atoms with van der Waals surface area (Å²) >= 11 is 1.50. The number of ether oxygens (including phenoxy) is 2. The van der Waals surface area contributed by atoms with Crippen LogP contribution in [0.2, 0.25) is 0 Å². The molecule has 2 aromatic heterocycles. The number of rotatable bonds is 5. The predicted molar refractivity (Wildman–Crippen MR) is 87.0 cm³/mol. The summed E-state index contributed by atoms with van der Waals surface area (Å²) in [4.78, 5) is 19.3. The van der Waals surface area contributed by atoms with Gasteiger partial charge in [0.25, 0.3) is 0 Å². The van der Waals surface area contributed by atoms with Crippen molar-refractivity contribution in [2.24, 2.45) is 0 Å². The van der Waals surface area contributed by atoms with Gasteiger partial charge in [0.05, 0.1) is 31.0 Å². The molecule has 0 radical (unpaired) electrons. The molecule has 1 N–H and O–H groups in total. The van der Waals surface area contributed by atoms with Crippen LogP contribution in [0.1, 0.15) is 21.9 Å². The van der Waals surface area contributed by atoms with Crippen molar-refractivity contribution in [3.8, 4) is 5.75 Å². The molecule has 0 saturated carbocycles. The topological polar surface area (TPSA) is 77.3 Å². The Balaban J connectivity index is 1.74. The highest BCUT2D eigenvalue weighted by atomic mass is 32.2. The molecule has 0 unspecified atom stereocenters. The third kappa shape index (κ3) is 3.19. The number of aromatic amines is 1. The van der Waals surface area contributed by atoms with Crippen molar-refractivity contribution >= 4 is 28.8 Å². The summed E-state index contributed by atoms with van der Waals surface area (Å²) in [6.45, 7) is 1.82. The minimum Gasteiger partial charge on any atom is -0.497 e. The van der Waals surface area contributed by atoms with E-state index in [-0.39, 0.29) is 5.76 Å². The monoisotopic (exact) mass is 332 g/mol. The standard InChI is InChI=1S/C16H16N2O4S/c1-9-6-11(22-14(9)15(19)21-3)8-23-16-17-12-5-4-10(20-2)7-13(12)18-16/h4-7H,8H2,1-3H3,(H,17,18). The Labute approximate surface area is 137 Å². The second kappa shape index (κ2) is 6.37. The van der Waals surface area contributed by atoms with Gasteiger partial charge in [0, 0.05) is 11.6 Å². The van der Waals surface area contributed by atoms with Crippen LogP contribution >= 0.6 is 11.8 Å². The number of methoxy groups -OCH3 is 2.